The molecule has 0 saturated heterocycles. The maximum Gasteiger partial charge on any atom is 0.175 e. The Morgan fingerprint density at radius 3 is 2.44 bits per heavy atom. The first-order chi connectivity index (χ1) is 7.50. The molecule has 0 atom stereocenters. The van der Waals surface area contributed by atoms with Crippen molar-refractivity contribution in [3.05, 3.63) is 25.6 Å². The minimum absolute atomic E-state index is 0.196. The normalized spacial score (nSPS) is 20.6. The molecule has 0 aromatic carbocycles. The highest BCUT2D eigenvalue weighted by atomic mass is 15.3. The highest BCUT2D eigenvalue weighted by molar-refractivity contribution is 6.40. The largest absolute Gasteiger partial charge is 0.381 e. The number of nitrogens with zero attached hydrogens (tertiary/aromatic N) is 3. The van der Waals surface area contributed by atoms with Crippen LogP contribution in [0.1, 0.15) is 27.7 Å². The van der Waals surface area contributed by atoms with Gasteiger partial charge in [0.25, 0.3) is 0 Å². The highest BCUT2D eigenvalue weighted by Crippen LogP contribution is 2.17. The van der Waals surface area contributed by atoms with Gasteiger partial charge >= 0.3 is 0 Å². The van der Waals surface area contributed by atoms with Gasteiger partial charge in [0.1, 0.15) is 0 Å². The molecule has 1 aliphatic rings. The SMILES string of the molecule is C=CN=C1C(N)=NC(C)(C)CN1C=C.CC. The van der Waals surface area contributed by atoms with Crippen molar-refractivity contribution in [2.24, 2.45) is 15.7 Å². The molecule has 4 nitrogen and oxygen atoms in total. The van der Waals surface area contributed by atoms with E-state index in [4.69, 9.17) is 5.73 Å². The maximum absolute atomic E-state index is 5.79. The quantitative estimate of drug-likeness (QED) is 0.778. The van der Waals surface area contributed by atoms with Crippen LogP contribution < -0.4 is 5.73 Å². The molecular weight excluding hydrogens is 200 g/mol. The predicted octanol–water partition coefficient (Wildman–Crippen LogP) is 2.15. The number of amidine groups is 2. The summed E-state index contributed by atoms with van der Waals surface area (Å²) in [4.78, 5) is 10.3. The van der Waals surface area contributed by atoms with Gasteiger partial charge in [0.15, 0.2) is 11.7 Å². The van der Waals surface area contributed by atoms with Gasteiger partial charge in [0, 0.05) is 12.7 Å². The van der Waals surface area contributed by atoms with E-state index >= 15 is 0 Å². The maximum atomic E-state index is 5.79. The Morgan fingerprint density at radius 2 is 2.00 bits per heavy atom. The fourth-order valence-corrected chi connectivity index (χ4v) is 1.43. The summed E-state index contributed by atoms with van der Waals surface area (Å²) in [6, 6.07) is 0. The van der Waals surface area contributed by atoms with Gasteiger partial charge in [0.2, 0.25) is 0 Å². The molecule has 0 unspecified atom stereocenters. The number of aliphatic imine (C=N–C) groups is 2. The fourth-order valence-electron chi connectivity index (χ4n) is 1.43. The molecule has 4 heteroatoms. The Kier molecular flexibility index (Phi) is 5.50. The number of nitrogens with two attached hydrogens (primary N) is 1. The van der Waals surface area contributed by atoms with Crippen LogP contribution in [-0.4, -0.2) is 28.7 Å². The van der Waals surface area contributed by atoms with Crippen molar-refractivity contribution < 1.29 is 0 Å². The summed E-state index contributed by atoms with van der Waals surface area (Å²) in [6.07, 6.45) is 3.15. The van der Waals surface area contributed by atoms with Gasteiger partial charge in [-0.25, -0.2) is 4.99 Å². The molecule has 2 N–H and O–H groups in total. The van der Waals surface area contributed by atoms with Crippen molar-refractivity contribution in [3.8, 4) is 0 Å². The Balaban J connectivity index is 0.00000106. The first kappa shape index (κ1) is 14.4. The van der Waals surface area contributed by atoms with Gasteiger partial charge in [-0.3, -0.25) is 4.99 Å². The van der Waals surface area contributed by atoms with Crippen LogP contribution in [-0.2, 0) is 0 Å². The third kappa shape index (κ3) is 3.53. The smallest absolute Gasteiger partial charge is 0.175 e. The molecule has 0 saturated carbocycles. The van der Waals surface area contributed by atoms with Crippen LogP contribution in [0.15, 0.2) is 35.5 Å². The Hall–Kier alpha value is -1.58. The van der Waals surface area contributed by atoms with Crippen molar-refractivity contribution in [1.82, 2.24) is 4.90 Å². The van der Waals surface area contributed by atoms with Crippen LogP contribution in [0.3, 0.4) is 0 Å². The summed E-state index contributed by atoms with van der Waals surface area (Å²) in [7, 11) is 0. The van der Waals surface area contributed by atoms with Gasteiger partial charge in [-0.1, -0.05) is 27.0 Å². The molecule has 0 spiro atoms. The molecule has 0 amide bonds. The van der Waals surface area contributed by atoms with E-state index in [9.17, 15) is 0 Å². The van der Waals surface area contributed by atoms with Gasteiger partial charge < -0.3 is 10.6 Å². The number of hydrogen-bond donors (Lipinski definition) is 1. The Morgan fingerprint density at radius 1 is 1.44 bits per heavy atom. The van der Waals surface area contributed by atoms with Gasteiger partial charge in [-0.15, -0.1) is 0 Å². The first-order valence-corrected chi connectivity index (χ1v) is 5.44. The third-order valence-electron chi connectivity index (χ3n) is 1.92. The number of rotatable bonds is 2. The molecular formula is C12H22N4. The van der Waals surface area contributed by atoms with Crippen LogP contribution in [0.25, 0.3) is 0 Å². The minimum Gasteiger partial charge on any atom is -0.381 e. The molecule has 90 valence electrons. The van der Waals surface area contributed by atoms with Crippen LogP contribution in [0, 0.1) is 0 Å². The van der Waals surface area contributed by atoms with Crippen molar-refractivity contribution in [3.63, 3.8) is 0 Å². The van der Waals surface area contributed by atoms with E-state index in [1.165, 1.54) is 6.20 Å². The lowest BCUT2D eigenvalue weighted by molar-refractivity contribution is 0.391. The molecule has 0 radical (unpaired) electrons. The zero-order chi connectivity index (χ0) is 12.8. The summed E-state index contributed by atoms with van der Waals surface area (Å²) in [5.41, 5.74) is 5.59. The molecule has 1 aliphatic heterocycles. The van der Waals surface area contributed by atoms with E-state index in [0.29, 0.717) is 11.7 Å². The van der Waals surface area contributed by atoms with Crippen LogP contribution in [0.4, 0.5) is 0 Å². The van der Waals surface area contributed by atoms with Crippen LogP contribution in [0.5, 0.6) is 0 Å². The lowest BCUT2D eigenvalue weighted by atomic mass is 10.0. The highest BCUT2D eigenvalue weighted by Gasteiger charge is 2.29. The van der Waals surface area contributed by atoms with E-state index in [0.717, 1.165) is 6.54 Å². The van der Waals surface area contributed by atoms with Crippen molar-refractivity contribution >= 4 is 11.7 Å². The summed E-state index contributed by atoms with van der Waals surface area (Å²) >= 11 is 0. The average Bonchev–Trinajstić information content (AvgIpc) is 2.24. The second-order valence-corrected chi connectivity index (χ2v) is 3.76. The lowest BCUT2D eigenvalue weighted by Gasteiger charge is -2.34. The fraction of sp³-hybridized carbons (Fsp3) is 0.500. The van der Waals surface area contributed by atoms with Crippen LogP contribution in [0.2, 0.25) is 0 Å². The molecule has 1 rings (SSSR count). The Bertz CT molecular complexity index is 313. The van der Waals surface area contributed by atoms with Crippen molar-refractivity contribution in [2.75, 3.05) is 6.54 Å². The van der Waals surface area contributed by atoms with E-state index in [1.54, 1.807) is 6.20 Å². The minimum atomic E-state index is -0.196. The summed E-state index contributed by atoms with van der Waals surface area (Å²) in [5, 5.41) is 0. The van der Waals surface area contributed by atoms with E-state index in [1.807, 2.05) is 32.6 Å². The molecule has 0 aliphatic carbocycles. The molecule has 16 heavy (non-hydrogen) atoms. The van der Waals surface area contributed by atoms with Gasteiger partial charge in [-0.05, 0) is 20.0 Å². The standard InChI is InChI=1S/C10H16N4.C2H6/c1-5-12-9-8(11)13-10(3,4)7-14(9)6-2;1-2/h5-6H,1-2,7H2,3-4H3,(H2,11,13);1-2H3. The molecule has 0 bridgehead atoms. The summed E-state index contributed by atoms with van der Waals surface area (Å²) in [5.74, 6) is 1.05. The second-order valence-electron chi connectivity index (χ2n) is 3.76. The third-order valence-corrected chi connectivity index (χ3v) is 1.92. The molecule has 0 aromatic rings. The zero-order valence-electron chi connectivity index (χ0n) is 10.7. The summed E-state index contributed by atoms with van der Waals surface area (Å²) < 4.78 is 0. The lowest BCUT2D eigenvalue weighted by Crippen LogP contribution is -2.50. The molecule has 1 heterocycles. The first-order valence-electron chi connectivity index (χ1n) is 5.44. The summed E-state index contributed by atoms with van der Waals surface area (Å²) in [6.45, 7) is 16.0. The van der Waals surface area contributed by atoms with Crippen LogP contribution >= 0.6 is 0 Å². The Labute approximate surface area is 98.3 Å². The van der Waals surface area contributed by atoms with Gasteiger partial charge in [-0.2, -0.15) is 0 Å². The second kappa shape index (κ2) is 6.10. The predicted molar refractivity (Wildman–Crippen MR) is 71.6 cm³/mol. The molecule has 0 aromatic heterocycles. The van der Waals surface area contributed by atoms with E-state index < -0.39 is 0 Å². The average molecular weight is 222 g/mol. The molecule has 0 fully saturated rings. The van der Waals surface area contributed by atoms with Crippen molar-refractivity contribution in [2.45, 2.75) is 33.2 Å². The zero-order valence-corrected chi connectivity index (χ0v) is 10.7. The monoisotopic (exact) mass is 222 g/mol. The van der Waals surface area contributed by atoms with E-state index in [-0.39, 0.29) is 5.54 Å². The van der Waals surface area contributed by atoms with Crippen molar-refractivity contribution in [1.29, 1.82) is 0 Å². The van der Waals surface area contributed by atoms with Gasteiger partial charge in [0.05, 0.1) is 5.54 Å². The number of hydrogen-bond acceptors (Lipinski definition) is 3. The topological polar surface area (TPSA) is 54.0 Å². The van der Waals surface area contributed by atoms with E-state index in [2.05, 4.69) is 23.1 Å².